The Morgan fingerprint density at radius 2 is 1.72 bits per heavy atom. The van der Waals surface area contributed by atoms with Gasteiger partial charge in [-0.3, -0.25) is 19.5 Å². The number of sulfonamides is 1. The van der Waals surface area contributed by atoms with Gasteiger partial charge in [0.1, 0.15) is 0 Å². The zero-order chi connectivity index (χ0) is 31.4. The fourth-order valence-electron chi connectivity index (χ4n) is 4.81. The third-order valence-corrected chi connectivity index (χ3v) is 10.2. The lowest BCUT2D eigenvalue weighted by Gasteiger charge is -2.29. The number of carbonyl (C=O) groups excluding carboxylic acids is 1. The van der Waals surface area contributed by atoms with Crippen molar-refractivity contribution >= 4 is 54.7 Å². The Morgan fingerprint density at radius 3 is 2.33 bits per heavy atom. The van der Waals surface area contributed by atoms with Crippen molar-refractivity contribution in [3.05, 3.63) is 93.0 Å². The number of non-ortho nitro benzene ring substituents is 1. The molecule has 3 aromatic rings. The van der Waals surface area contributed by atoms with Crippen LogP contribution in [0.3, 0.4) is 0 Å². The first-order chi connectivity index (χ1) is 20.3. The monoisotopic (exact) mass is 650 g/mol. The summed E-state index contributed by atoms with van der Waals surface area (Å²) in [5.74, 6) is -1.19. The summed E-state index contributed by atoms with van der Waals surface area (Å²) in [6, 6.07) is 15.1. The molecule has 0 saturated carbocycles. The number of rotatable bonds is 12. The average molecular weight is 651 g/mol. The minimum Gasteiger partial charge on any atom is -0.371 e. The number of nitrogens with one attached hydrogen (secondary N) is 1. The van der Waals surface area contributed by atoms with Gasteiger partial charge in [0.2, 0.25) is 10.0 Å². The van der Waals surface area contributed by atoms with E-state index in [4.69, 9.17) is 11.6 Å². The van der Waals surface area contributed by atoms with Gasteiger partial charge in [-0.25, -0.2) is 8.42 Å². The van der Waals surface area contributed by atoms with Gasteiger partial charge in [0.25, 0.3) is 21.7 Å². The van der Waals surface area contributed by atoms with Crippen LogP contribution in [0.25, 0.3) is 0 Å². The van der Waals surface area contributed by atoms with Crippen LogP contribution >= 0.6 is 11.6 Å². The Morgan fingerprint density at radius 1 is 1.07 bits per heavy atom. The molecule has 12 nitrogen and oxygen atoms in total. The van der Waals surface area contributed by atoms with E-state index in [0.29, 0.717) is 11.3 Å². The molecule has 1 aliphatic rings. The summed E-state index contributed by atoms with van der Waals surface area (Å²) in [6.45, 7) is 3.02. The Hall–Kier alpha value is -3.56. The zero-order valence-corrected chi connectivity index (χ0v) is 25.6. The highest BCUT2D eigenvalue weighted by molar-refractivity contribution is 7.89. The second-order valence-corrected chi connectivity index (χ2v) is 14.1. The number of amides is 1. The van der Waals surface area contributed by atoms with Crippen LogP contribution in [0, 0.1) is 10.1 Å². The Bertz CT molecular complexity index is 1710. The highest BCUT2D eigenvalue weighted by Gasteiger charge is 2.31. The molecular formula is C28H31ClN4O8S2. The Balaban J connectivity index is 1.63. The first-order valence-electron chi connectivity index (χ1n) is 13.4. The standard InChI is InChI=1S/C28H31ClN4O8S2/c1-20(14-17-42(37,38)39)32(43(40,41)24-11-8-22(9-12-24)33(35)36)19-21-6-2-3-7-27(21)30-28(34)25-13-10-23(18-26(25)29)31-15-4-5-16-31/h2-3,6-13,18,20H,4-5,14-17,19H2,1H3,(H,30,34)(H,37,38,39)/t20-/m1/s1. The van der Waals surface area contributed by atoms with Crippen molar-refractivity contribution in [2.45, 2.75) is 43.7 Å². The maximum absolute atomic E-state index is 13.8. The molecule has 15 heteroatoms. The van der Waals surface area contributed by atoms with E-state index in [1.165, 1.54) is 6.92 Å². The van der Waals surface area contributed by atoms with Crippen LogP contribution in [0.2, 0.25) is 5.02 Å². The van der Waals surface area contributed by atoms with Crippen molar-refractivity contribution in [2.75, 3.05) is 29.1 Å². The Labute approximate surface area is 255 Å². The van der Waals surface area contributed by atoms with Crippen molar-refractivity contribution in [3.63, 3.8) is 0 Å². The van der Waals surface area contributed by atoms with Gasteiger partial charge in [0.05, 0.1) is 26.2 Å². The molecule has 4 rings (SSSR count). The van der Waals surface area contributed by atoms with E-state index in [0.717, 1.165) is 60.2 Å². The first kappa shape index (κ1) is 32.4. The molecule has 1 heterocycles. The second kappa shape index (κ2) is 13.4. The van der Waals surface area contributed by atoms with Gasteiger partial charge >= 0.3 is 0 Å². The third kappa shape index (κ3) is 8.09. The molecule has 0 aliphatic carbocycles. The number of nitrogens with zero attached hydrogens (tertiary/aromatic N) is 3. The van der Waals surface area contributed by atoms with E-state index in [1.807, 2.05) is 6.07 Å². The lowest BCUT2D eigenvalue weighted by Crippen LogP contribution is -2.39. The van der Waals surface area contributed by atoms with E-state index in [9.17, 15) is 36.3 Å². The minimum atomic E-state index is -4.39. The first-order valence-corrected chi connectivity index (χ1v) is 16.8. The van der Waals surface area contributed by atoms with Crippen LogP contribution in [-0.2, 0) is 26.7 Å². The highest BCUT2D eigenvalue weighted by atomic mass is 35.5. The molecule has 0 bridgehead atoms. The van der Waals surface area contributed by atoms with Crippen molar-refractivity contribution < 1.29 is 31.1 Å². The summed E-state index contributed by atoms with van der Waals surface area (Å²) in [7, 11) is -8.72. The summed E-state index contributed by atoms with van der Waals surface area (Å²) in [6.07, 6.45) is 1.93. The maximum atomic E-state index is 13.8. The molecule has 1 atom stereocenters. The SMILES string of the molecule is C[C@H](CCS(=O)(=O)O)N(Cc1ccccc1NC(=O)c1ccc(N2CCCC2)cc1Cl)S(=O)(=O)c1ccc([N+](=O)[O-])cc1. The molecule has 1 fully saturated rings. The van der Waals surface area contributed by atoms with Crippen LogP contribution < -0.4 is 10.2 Å². The fourth-order valence-corrected chi connectivity index (χ4v) is 7.35. The summed E-state index contributed by atoms with van der Waals surface area (Å²) < 4.78 is 60.7. The normalized spacial score (nSPS) is 14.6. The zero-order valence-electron chi connectivity index (χ0n) is 23.2. The largest absolute Gasteiger partial charge is 0.371 e. The molecule has 2 N–H and O–H groups in total. The second-order valence-electron chi connectivity index (χ2n) is 10.2. The number of hydrogen-bond donors (Lipinski definition) is 2. The van der Waals surface area contributed by atoms with E-state index in [-0.39, 0.29) is 34.1 Å². The number of anilines is 2. The minimum absolute atomic E-state index is 0.233. The molecule has 3 aromatic carbocycles. The molecule has 0 aromatic heterocycles. The summed E-state index contributed by atoms with van der Waals surface area (Å²) >= 11 is 6.48. The molecule has 43 heavy (non-hydrogen) atoms. The van der Waals surface area contributed by atoms with E-state index in [2.05, 4.69) is 10.2 Å². The van der Waals surface area contributed by atoms with E-state index < -0.39 is 42.8 Å². The number of carbonyl (C=O) groups is 1. The van der Waals surface area contributed by atoms with Gasteiger partial charge in [-0.15, -0.1) is 0 Å². The number of nitro benzene ring substituents is 1. The smallest absolute Gasteiger partial charge is 0.269 e. The van der Waals surface area contributed by atoms with Gasteiger partial charge in [0.15, 0.2) is 0 Å². The average Bonchev–Trinajstić information content (AvgIpc) is 3.50. The maximum Gasteiger partial charge on any atom is 0.269 e. The lowest BCUT2D eigenvalue weighted by molar-refractivity contribution is -0.384. The topological polar surface area (TPSA) is 167 Å². The van der Waals surface area contributed by atoms with Crippen LogP contribution in [0.5, 0.6) is 0 Å². The quantitative estimate of drug-likeness (QED) is 0.156. The van der Waals surface area contributed by atoms with Gasteiger partial charge in [0, 0.05) is 49.2 Å². The fraction of sp³-hybridized carbons (Fsp3) is 0.321. The number of nitro groups is 1. The number of para-hydroxylation sites is 1. The summed E-state index contributed by atoms with van der Waals surface area (Å²) in [5.41, 5.74) is 1.55. The van der Waals surface area contributed by atoms with Crippen LogP contribution in [0.1, 0.15) is 42.1 Å². The van der Waals surface area contributed by atoms with Crippen molar-refractivity contribution in [3.8, 4) is 0 Å². The van der Waals surface area contributed by atoms with Crippen LogP contribution in [0.4, 0.5) is 17.1 Å². The van der Waals surface area contributed by atoms with Crippen LogP contribution in [0.15, 0.2) is 71.6 Å². The molecule has 0 spiro atoms. The number of halogens is 1. The highest BCUT2D eigenvalue weighted by Crippen LogP contribution is 2.30. The molecular weight excluding hydrogens is 620 g/mol. The molecule has 0 radical (unpaired) electrons. The molecule has 1 aliphatic heterocycles. The molecule has 230 valence electrons. The predicted octanol–water partition coefficient (Wildman–Crippen LogP) is 4.96. The Kier molecular flexibility index (Phi) is 10.1. The van der Waals surface area contributed by atoms with Crippen LogP contribution in [-0.4, -0.2) is 61.4 Å². The van der Waals surface area contributed by atoms with E-state index in [1.54, 1.807) is 36.4 Å². The van der Waals surface area contributed by atoms with Crippen molar-refractivity contribution in [2.24, 2.45) is 0 Å². The van der Waals surface area contributed by atoms with Crippen molar-refractivity contribution in [1.82, 2.24) is 4.31 Å². The van der Waals surface area contributed by atoms with E-state index >= 15 is 0 Å². The van der Waals surface area contributed by atoms with Crippen molar-refractivity contribution in [1.29, 1.82) is 0 Å². The summed E-state index contributed by atoms with van der Waals surface area (Å²) in [4.78, 5) is 25.6. The summed E-state index contributed by atoms with van der Waals surface area (Å²) in [5, 5.41) is 14.1. The van der Waals surface area contributed by atoms with Gasteiger partial charge in [-0.2, -0.15) is 12.7 Å². The number of hydrogen-bond acceptors (Lipinski definition) is 8. The van der Waals surface area contributed by atoms with Gasteiger partial charge in [-0.05, 0) is 68.1 Å². The third-order valence-electron chi connectivity index (χ3n) is 7.20. The number of benzene rings is 3. The molecule has 0 unspecified atom stereocenters. The lowest BCUT2D eigenvalue weighted by atomic mass is 10.1. The molecule has 1 saturated heterocycles. The van der Waals surface area contributed by atoms with Gasteiger partial charge in [-0.1, -0.05) is 29.8 Å². The molecule has 1 amide bonds. The van der Waals surface area contributed by atoms with Gasteiger partial charge < -0.3 is 10.2 Å². The predicted molar refractivity (Wildman–Crippen MR) is 164 cm³/mol.